The van der Waals surface area contributed by atoms with Crippen LogP contribution < -0.4 is 0 Å². The molecule has 0 aliphatic rings. The Kier molecular flexibility index (Phi) is 28.4. The van der Waals surface area contributed by atoms with E-state index in [9.17, 15) is 0 Å². The average Bonchev–Trinajstić information content (AvgIpc) is 2.76. The van der Waals surface area contributed by atoms with Crippen LogP contribution in [0.1, 0.15) is 45.4 Å². The van der Waals surface area contributed by atoms with Crippen LogP contribution in [0, 0.1) is 0 Å². The van der Waals surface area contributed by atoms with Gasteiger partial charge in [-0.2, -0.15) is 0 Å². The highest BCUT2D eigenvalue weighted by molar-refractivity contribution is 4.43. The number of hydrogen-bond acceptors (Lipinski definition) is 8. The van der Waals surface area contributed by atoms with E-state index in [2.05, 4.69) is 6.92 Å². The lowest BCUT2D eigenvalue weighted by atomic mass is 10.1. The zero-order valence-electron chi connectivity index (χ0n) is 19.2. The summed E-state index contributed by atoms with van der Waals surface area (Å²) in [6.45, 7) is 10.1. The maximum absolute atomic E-state index is 8.54. The predicted molar refractivity (Wildman–Crippen MR) is 116 cm³/mol. The van der Waals surface area contributed by atoms with E-state index in [-0.39, 0.29) is 6.61 Å². The molecule has 0 amide bonds. The highest BCUT2D eigenvalue weighted by Crippen LogP contribution is 2.04. The molecule has 0 aromatic rings. The highest BCUT2D eigenvalue weighted by atomic mass is 16.6. The van der Waals surface area contributed by atoms with Gasteiger partial charge in [-0.3, -0.25) is 0 Å². The summed E-state index contributed by atoms with van der Waals surface area (Å²) in [6.07, 6.45) is 7.71. The molecule has 8 nitrogen and oxygen atoms in total. The van der Waals surface area contributed by atoms with Crippen molar-refractivity contribution in [2.24, 2.45) is 0 Å². The summed E-state index contributed by atoms with van der Waals surface area (Å²) < 4.78 is 37.7. The molecule has 0 rings (SSSR count). The first kappa shape index (κ1) is 29.7. The third-order valence-corrected chi connectivity index (χ3v) is 4.11. The van der Waals surface area contributed by atoms with Gasteiger partial charge in [-0.1, -0.05) is 39.0 Å². The SMILES string of the molecule is CCCCCCCCOCCOCCOCCOCCOCCOCCOCCO. The number of ether oxygens (including phenoxy) is 7. The maximum Gasteiger partial charge on any atom is 0.0701 e. The monoisotopic (exact) mass is 438 g/mol. The highest BCUT2D eigenvalue weighted by Gasteiger charge is 1.95. The third-order valence-electron chi connectivity index (χ3n) is 4.11. The summed E-state index contributed by atoms with van der Waals surface area (Å²) in [5, 5.41) is 8.54. The number of unbranched alkanes of at least 4 members (excludes halogenated alkanes) is 5. The second-order valence-corrected chi connectivity index (χ2v) is 6.78. The first-order chi connectivity index (χ1) is 14.9. The summed E-state index contributed by atoms with van der Waals surface area (Å²) in [7, 11) is 0. The van der Waals surface area contributed by atoms with Gasteiger partial charge in [0.05, 0.1) is 92.5 Å². The van der Waals surface area contributed by atoms with Gasteiger partial charge in [0, 0.05) is 6.61 Å². The molecule has 0 fully saturated rings. The Morgan fingerprint density at radius 1 is 0.367 bits per heavy atom. The quantitative estimate of drug-likeness (QED) is 0.196. The zero-order chi connectivity index (χ0) is 21.8. The summed E-state index contributed by atoms with van der Waals surface area (Å²) in [5.41, 5.74) is 0. The van der Waals surface area contributed by atoms with Crippen molar-refractivity contribution in [2.75, 3.05) is 99.1 Å². The number of aliphatic hydroxyl groups is 1. The van der Waals surface area contributed by atoms with Gasteiger partial charge in [0.25, 0.3) is 0 Å². The topological polar surface area (TPSA) is 84.8 Å². The summed E-state index contributed by atoms with van der Waals surface area (Å²) in [4.78, 5) is 0. The molecule has 30 heavy (non-hydrogen) atoms. The van der Waals surface area contributed by atoms with Crippen LogP contribution in [0.4, 0.5) is 0 Å². The van der Waals surface area contributed by atoms with E-state index in [1.165, 1.54) is 32.1 Å². The van der Waals surface area contributed by atoms with E-state index in [1.807, 2.05) is 0 Å². The Labute approximate surface area is 183 Å². The molecule has 0 saturated carbocycles. The van der Waals surface area contributed by atoms with Crippen molar-refractivity contribution >= 4 is 0 Å². The minimum absolute atomic E-state index is 0.0385. The molecule has 0 saturated heterocycles. The van der Waals surface area contributed by atoms with Crippen LogP contribution in [0.2, 0.25) is 0 Å². The van der Waals surface area contributed by atoms with Crippen molar-refractivity contribution < 1.29 is 38.3 Å². The molecule has 0 heterocycles. The number of aliphatic hydroxyl groups excluding tert-OH is 1. The van der Waals surface area contributed by atoms with Crippen LogP contribution in [0.25, 0.3) is 0 Å². The predicted octanol–water partition coefficient (Wildman–Crippen LogP) is 2.46. The molecule has 0 atom stereocenters. The molecule has 1 N–H and O–H groups in total. The van der Waals surface area contributed by atoms with Crippen molar-refractivity contribution in [2.45, 2.75) is 45.4 Å². The molecule has 0 aliphatic heterocycles. The third kappa shape index (κ3) is 27.7. The fraction of sp³-hybridized carbons (Fsp3) is 1.00. The lowest BCUT2D eigenvalue weighted by Gasteiger charge is -2.08. The summed E-state index contributed by atoms with van der Waals surface area (Å²) in [6, 6.07) is 0. The average molecular weight is 439 g/mol. The van der Waals surface area contributed by atoms with E-state index in [0.29, 0.717) is 85.9 Å². The first-order valence-corrected chi connectivity index (χ1v) is 11.6. The van der Waals surface area contributed by atoms with Crippen molar-refractivity contribution in [3.63, 3.8) is 0 Å². The molecular weight excluding hydrogens is 392 g/mol. The van der Waals surface area contributed by atoms with Gasteiger partial charge in [-0.25, -0.2) is 0 Å². The minimum atomic E-state index is 0.0385. The first-order valence-electron chi connectivity index (χ1n) is 11.6. The summed E-state index contributed by atoms with van der Waals surface area (Å²) in [5.74, 6) is 0. The van der Waals surface area contributed by atoms with Gasteiger partial charge in [0.15, 0.2) is 0 Å². The van der Waals surface area contributed by atoms with Crippen molar-refractivity contribution in [3.8, 4) is 0 Å². The fourth-order valence-corrected chi connectivity index (χ4v) is 2.47. The van der Waals surface area contributed by atoms with Crippen LogP contribution in [0.5, 0.6) is 0 Å². The van der Waals surface area contributed by atoms with Crippen molar-refractivity contribution in [3.05, 3.63) is 0 Å². The van der Waals surface area contributed by atoms with E-state index >= 15 is 0 Å². The Balaban J connectivity index is 2.97. The molecule has 0 aliphatic carbocycles. The van der Waals surface area contributed by atoms with Crippen molar-refractivity contribution in [1.82, 2.24) is 0 Å². The van der Waals surface area contributed by atoms with Crippen LogP contribution in [-0.4, -0.2) is 104 Å². The molecule has 0 bridgehead atoms. The van der Waals surface area contributed by atoms with Crippen molar-refractivity contribution in [1.29, 1.82) is 0 Å². The Bertz CT molecular complexity index is 266. The minimum Gasteiger partial charge on any atom is -0.394 e. The zero-order valence-corrected chi connectivity index (χ0v) is 19.2. The molecule has 0 unspecified atom stereocenters. The number of rotatable bonds is 27. The smallest absolute Gasteiger partial charge is 0.0701 e. The van der Waals surface area contributed by atoms with Crippen LogP contribution in [-0.2, 0) is 33.2 Å². The van der Waals surface area contributed by atoms with E-state index in [1.54, 1.807) is 0 Å². The van der Waals surface area contributed by atoms with E-state index < -0.39 is 0 Å². The second-order valence-electron chi connectivity index (χ2n) is 6.78. The van der Waals surface area contributed by atoms with E-state index in [4.69, 9.17) is 38.3 Å². The molecule has 0 spiro atoms. The molecular formula is C22H46O8. The Hall–Kier alpha value is -0.320. The molecule has 8 heteroatoms. The van der Waals surface area contributed by atoms with Gasteiger partial charge in [-0.05, 0) is 6.42 Å². The van der Waals surface area contributed by atoms with Gasteiger partial charge in [-0.15, -0.1) is 0 Å². The molecule has 0 aromatic heterocycles. The summed E-state index contributed by atoms with van der Waals surface area (Å²) >= 11 is 0. The van der Waals surface area contributed by atoms with Gasteiger partial charge < -0.3 is 38.3 Å². The van der Waals surface area contributed by atoms with E-state index in [0.717, 1.165) is 13.0 Å². The lowest BCUT2D eigenvalue weighted by molar-refractivity contribution is -0.0215. The van der Waals surface area contributed by atoms with Gasteiger partial charge >= 0.3 is 0 Å². The lowest BCUT2D eigenvalue weighted by Crippen LogP contribution is -2.14. The van der Waals surface area contributed by atoms with Crippen LogP contribution in [0.15, 0.2) is 0 Å². The Morgan fingerprint density at radius 2 is 0.667 bits per heavy atom. The van der Waals surface area contributed by atoms with Gasteiger partial charge in [0.1, 0.15) is 0 Å². The standard InChI is InChI=1S/C22H46O8/c1-2-3-4-5-6-7-9-24-11-13-26-15-17-28-19-21-30-22-20-29-18-16-27-14-12-25-10-8-23/h23H,2-22H2,1H3. The fourth-order valence-electron chi connectivity index (χ4n) is 2.47. The number of hydrogen-bond donors (Lipinski definition) is 1. The maximum atomic E-state index is 8.54. The molecule has 182 valence electrons. The van der Waals surface area contributed by atoms with Crippen LogP contribution >= 0.6 is 0 Å². The second kappa shape index (κ2) is 28.7. The Morgan fingerprint density at radius 3 is 1.03 bits per heavy atom. The normalized spacial score (nSPS) is 11.4. The molecule has 0 radical (unpaired) electrons. The van der Waals surface area contributed by atoms with Gasteiger partial charge in [0.2, 0.25) is 0 Å². The largest absolute Gasteiger partial charge is 0.394 e. The van der Waals surface area contributed by atoms with Crippen LogP contribution in [0.3, 0.4) is 0 Å². The molecule has 0 aromatic carbocycles.